The van der Waals surface area contributed by atoms with Crippen LogP contribution in [0.3, 0.4) is 0 Å². The fourth-order valence-corrected chi connectivity index (χ4v) is 2.35. The summed E-state index contributed by atoms with van der Waals surface area (Å²) in [5.41, 5.74) is 6.75. The zero-order chi connectivity index (χ0) is 11.9. The summed E-state index contributed by atoms with van der Waals surface area (Å²) in [5.74, 6) is 0.827. The van der Waals surface area contributed by atoms with Gasteiger partial charge < -0.3 is 10.5 Å². The molecular formula is C14H22N2O. The largest absolute Gasteiger partial charge is 0.474 e. The zero-order valence-corrected chi connectivity index (χ0v) is 10.4. The Kier molecular flexibility index (Phi) is 4.80. The minimum atomic E-state index is 0.371. The molecule has 0 spiro atoms. The number of ether oxygens (including phenoxy) is 1. The van der Waals surface area contributed by atoms with Gasteiger partial charge in [-0.05, 0) is 51.1 Å². The van der Waals surface area contributed by atoms with E-state index in [0.717, 1.165) is 25.3 Å². The molecule has 0 amide bonds. The summed E-state index contributed by atoms with van der Waals surface area (Å²) < 4.78 is 6.03. The van der Waals surface area contributed by atoms with Crippen LogP contribution in [0.15, 0.2) is 18.3 Å². The number of pyridine rings is 1. The van der Waals surface area contributed by atoms with Crippen molar-refractivity contribution < 1.29 is 4.74 Å². The van der Waals surface area contributed by atoms with Crippen molar-refractivity contribution in [2.45, 2.75) is 51.0 Å². The first-order valence-electron chi connectivity index (χ1n) is 6.71. The monoisotopic (exact) mass is 234 g/mol. The fourth-order valence-electron chi connectivity index (χ4n) is 2.35. The molecular weight excluding hydrogens is 212 g/mol. The highest BCUT2D eigenvalue weighted by molar-refractivity contribution is 5.25. The molecule has 0 unspecified atom stereocenters. The number of aryl methyl sites for hydroxylation is 1. The summed E-state index contributed by atoms with van der Waals surface area (Å²) in [6.45, 7) is 0.720. The van der Waals surface area contributed by atoms with Gasteiger partial charge in [-0.3, -0.25) is 0 Å². The molecule has 1 aliphatic rings. The average Bonchev–Trinajstić information content (AvgIpc) is 2.39. The third-order valence-corrected chi connectivity index (χ3v) is 3.33. The minimum absolute atomic E-state index is 0.371. The first-order chi connectivity index (χ1) is 8.40. The zero-order valence-electron chi connectivity index (χ0n) is 10.4. The van der Waals surface area contributed by atoms with E-state index in [-0.39, 0.29) is 0 Å². The molecule has 1 saturated carbocycles. The lowest BCUT2D eigenvalue weighted by molar-refractivity contribution is 0.147. The molecule has 1 aromatic rings. The Bertz CT molecular complexity index is 335. The molecule has 0 radical (unpaired) electrons. The SMILES string of the molecule is NCCCc1cccnc1OC1CCCCC1. The topological polar surface area (TPSA) is 48.1 Å². The Balaban J connectivity index is 1.98. The Labute approximate surface area is 103 Å². The van der Waals surface area contributed by atoms with E-state index < -0.39 is 0 Å². The maximum absolute atomic E-state index is 6.03. The van der Waals surface area contributed by atoms with Crippen LogP contribution in [0.4, 0.5) is 0 Å². The van der Waals surface area contributed by atoms with Crippen LogP contribution in [0.2, 0.25) is 0 Å². The summed E-state index contributed by atoms with van der Waals surface area (Å²) in [6, 6.07) is 4.07. The molecule has 0 aliphatic heterocycles. The number of nitrogens with zero attached hydrogens (tertiary/aromatic N) is 1. The highest BCUT2D eigenvalue weighted by Crippen LogP contribution is 2.24. The molecule has 2 rings (SSSR count). The van der Waals surface area contributed by atoms with Crippen LogP contribution in [0.5, 0.6) is 5.88 Å². The van der Waals surface area contributed by atoms with E-state index in [1.807, 2.05) is 12.3 Å². The fraction of sp³-hybridized carbons (Fsp3) is 0.643. The number of aromatic nitrogens is 1. The van der Waals surface area contributed by atoms with Gasteiger partial charge in [0.1, 0.15) is 6.10 Å². The Morgan fingerprint density at radius 2 is 2.12 bits per heavy atom. The molecule has 0 aromatic carbocycles. The highest BCUT2D eigenvalue weighted by Gasteiger charge is 2.16. The van der Waals surface area contributed by atoms with Gasteiger partial charge in [-0.25, -0.2) is 4.98 Å². The van der Waals surface area contributed by atoms with Crippen LogP contribution >= 0.6 is 0 Å². The van der Waals surface area contributed by atoms with E-state index in [4.69, 9.17) is 10.5 Å². The Morgan fingerprint density at radius 1 is 1.29 bits per heavy atom. The van der Waals surface area contributed by atoms with Gasteiger partial charge >= 0.3 is 0 Å². The standard InChI is InChI=1S/C14H22N2O/c15-10-4-6-12-7-5-11-16-14(12)17-13-8-2-1-3-9-13/h5,7,11,13H,1-4,6,8-10,15H2. The second-order valence-corrected chi connectivity index (χ2v) is 4.74. The summed E-state index contributed by atoms with van der Waals surface area (Å²) in [5, 5.41) is 0. The van der Waals surface area contributed by atoms with Crippen LogP contribution < -0.4 is 10.5 Å². The molecule has 1 aromatic heterocycles. The van der Waals surface area contributed by atoms with Crippen LogP contribution in [0.25, 0.3) is 0 Å². The predicted octanol–water partition coefficient (Wildman–Crippen LogP) is 2.68. The van der Waals surface area contributed by atoms with Crippen LogP contribution in [-0.2, 0) is 6.42 Å². The van der Waals surface area contributed by atoms with E-state index in [9.17, 15) is 0 Å². The Morgan fingerprint density at radius 3 is 2.88 bits per heavy atom. The lowest BCUT2D eigenvalue weighted by atomic mass is 9.98. The van der Waals surface area contributed by atoms with Crippen molar-refractivity contribution in [2.75, 3.05) is 6.54 Å². The van der Waals surface area contributed by atoms with Gasteiger partial charge in [0.15, 0.2) is 0 Å². The van der Waals surface area contributed by atoms with Crippen molar-refractivity contribution in [1.82, 2.24) is 4.98 Å². The van der Waals surface area contributed by atoms with E-state index >= 15 is 0 Å². The van der Waals surface area contributed by atoms with Crippen molar-refractivity contribution in [3.8, 4) is 5.88 Å². The molecule has 2 N–H and O–H groups in total. The van der Waals surface area contributed by atoms with Gasteiger partial charge in [-0.15, -0.1) is 0 Å². The molecule has 1 heterocycles. The molecule has 17 heavy (non-hydrogen) atoms. The maximum atomic E-state index is 6.03. The number of hydrogen-bond acceptors (Lipinski definition) is 3. The Hall–Kier alpha value is -1.09. The van der Waals surface area contributed by atoms with E-state index in [1.165, 1.54) is 37.7 Å². The first-order valence-corrected chi connectivity index (χ1v) is 6.71. The van der Waals surface area contributed by atoms with Crippen LogP contribution in [0.1, 0.15) is 44.1 Å². The van der Waals surface area contributed by atoms with Crippen molar-refractivity contribution in [2.24, 2.45) is 5.73 Å². The van der Waals surface area contributed by atoms with Gasteiger partial charge in [-0.1, -0.05) is 12.5 Å². The van der Waals surface area contributed by atoms with Gasteiger partial charge in [0.05, 0.1) is 0 Å². The lowest BCUT2D eigenvalue weighted by Crippen LogP contribution is -2.21. The molecule has 0 bridgehead atoms. The van der Waals surface area contributed by atoms with E-state index in [2.05, 4.69) is 11.1 Å². The minimum Gasteiger partial charge on any atom is -0.474 e. The van der Waals surface area contributed by atoms with E-state index in [0.29, 0.717) is 6.10 Å². The average molecular weight is 234 g/mol. The van der Waals surface area contributed by atoms with Crippen LogP contribution in [-0.4, -0.2) is 17.6 Å². The van der Waals surface area contributed by atoms with Gasteiger partial charge in [0, 0.05) is 11.8 Å². The molecule has 1 aliphatic carbocycles. The summed E-state index contributed by atoms with van der Waals surface area (Å²) in [4.78, 5) is 4.36. The molecule has 0 atom stereocenters. The quantitative estimate of drug-likeness (QED) is 0.852. The third-order valence-electron chi connectivity index (χ3n) is 3.33. The summed E-state index contributed by atoms with van der Waals surface area (Å²) in [7, 11) is 0. The first kappa shape index (κ1) is 12.4. The molecule has 1 fully saturated rings. The second kappa shape index (κ2) is 6.60. The number of hydrogen-bond donors (Lipinski definition) is 1. The summed E-state index contributed by atoms with van der Waals surface area (Å²) in [6.07, 6.45) is 10.4. The second-order valence-electron chi connectivity index (χ2n) is 4.74. The molecule has 94 valence electrons. The van der Waals surface area contributed by atoms with Crippen molar-refractivity contribution in [3.63, 3.8) is 0 Å². The van der Waals surface area contributed by atoms with Gasteiger partial charge in [0.2, 0.25) is 5.88 Å². The van der Waals surface area contributed by atoms with Crippen molar-refractivity contribution in [3.05, 3.63) is 23.9 Å². The van der Waals surface area contributed by atoms with Gasteiger partial charge in [-0.2, -0.15) is 0 Å². The molecule has 3 nitrogen and oxygen atoms in total. The maximum Gasteiger partial charge on any atom is 0.216 e. The lowest BCUT2D eigenvalue weighted by Gasteiger charge is -2.23. The highest BCUT2D eigenvalue weighted by atomic mass is 16.5. The number of rotatable bonds is 5. The summed E-state index contributed by atoms with van der Waals surface area (Å²) >= 11 is 0. The van der Waals surface area contributed by atoms with Crippen molar-refractivity contribution in [1.29, 1.82) is 0 Å². The molecule has 3 heteroatoms. The number of nitrogens with two attached hydrogens (primary N) is 1. The van der Waals surface area contributed by atoms with Crippen LogP contribution in [0, 0.1) is 0 Å². The van der Waals surface area contributed by atoms with Gasteiger partial charge in [0.25, 0.3) is 0 Å². The smallest absolute Gasteiger partial charge is 0.216 e. The third kappa shape index (κ3) is 3.70. The van der Waals surface area contributed by atoms with Crippen molar-refractivity contribution >= 4 is 0 Å². The normalized spacial score (nSPS) is 17.0. The molecule has 0 saturated heterocycles. The van der Waals surface area contributed by atoms with E-state index in [1.54, 1.807) is 0 Å². The predicted molar refractivity (Wildman–Crippen MR) is 69.1 cm³/mol.